The first-order chi connectivity index (χ1) is 10.6. The van der Waals surface area contributed by atoms with Gasteiger partial charge in [-0.1, -0.05) is 42.0 Å². The lowest BCUT2D eigenvalue weighted by atomic mass is 10.2. The minimum atomic E-state index is 0.0554. The first-order valence-electron chi connectivity index (χ1n) is 7.53. The fraction of sp³-hybridized carbons (Fsp3) is 0.263. The van der Waals surface area contributed by atoms with Crippen LogP contribution in [-0.4, -0.2) is 22.3 Å². The van der Waals surface area contributed by atoms with E-state index in [1.54, 1.807) is 12.3 Å². The summed E-state index contributed by atoms with van der Waals surface area (Å²) in [6.45, 7) is 5.17. The summed E-state index contributed by atoms with van der Waals surface area (Å²) in [7, 11) is 0. The van der Waals surface area contributed by atoms with Crippen LogP contribution in [0.4, 0.5) is 0 Å². The Morgan fingerprint density at radius 2 is 1.82 bits per heavy atom. The largest absolute Gasteiger partial charge is 0.334 e. The molecular formula is C19H22N2O. The topological polar surface area (TPSA) is 33.2 Å². The molecule has 2 rings (SSSR count). The van der Waals surface area contributed by atoms with Crippen LogP contribution in [0.5, 0.6) is 0 Å². The number of carbonyl (C=O) groups excluding carboxylic acids is 1. The van der Waals surface area contributed by atoms with Crippen molar-refractivity contribution in [3.05, 3.63) is 77.6 Å². The van der Waals surface area contributed by atoms with E-state index in [-0.39, 0.29) is 5.91 Å². The molecule has 0 saturated carbocycles. The second-order valence-corrected chi connectivity index (χ2v) is 5.54. The van der Waals surface area contributed by atoms with Crippen molar-refractivity contribution in [2.75, 3.05) is 6.54 Å². The zero-order valence-electron chi connectivity index (χ0n) is 13.2. The number of hydrogen-bond donors (Lipinski definition) is 0. The van der Waals surface area contributed by atoms with E-state index >= 15 is 0 Å². The third-order valence-electron chi connectivity index (χ3n) is 3.30. The minimum Gasteiger partial charge on any atom is -0.334 e. The molecule has 0 bridgehead atoms. The van der Waals surface area contributed by atoms with Crippen molar-refractivity contribution in [3.8, 4) is 0 Å². The fourth-order valence-electron chi connectivity index (χ4n) is 2.20. The van der Waals surface area contributed by atoms with Crippen LogP contribution in [0.2, 0.25) is 0 Å². The van der Waals surface area contributed by atoms with Gasteiger partial charge >= 0.3 is 0 Å². The van der Waals surface area contributed by atoms with Gasteiger partial charge in [-0.15, -0.1) is 0 Å². The number of allylic oxidation sites excluding steroid dienone is 1. The lowest BCUT2D eigenvalue weighted by Gasteiger charge is -2.21. The van der Waals surface area contributed by atoms with E-state index in [0.29, 0.717) is 13.1 Å². The van der Waals surface area contributed by atoms with Crippen LogP contribution in [0.25, 0.3) is 0 Å². The lowest BCUT2D eigenvalue weighted by molar-refractivity contribution is -0.126. The van der Waals surface area contributed by atoms with E-state index in [4.69, 9.17) is 0 Å². The maximum absolute atomic E-state index is 12.4. The molecule has 22 heavy (non-hydrogen) atoms. The van der Waals surface area contributed by atoms with Crippen LogP contribution < -0.4 is 0 Å². The molecule has 1 aromatic heterocycles. The van der Waals surface area contributed by atoms with Crippen molar-refractivity contribution in [1.29, 1.82) is 0 Å². The highest BCUT2D eigenvalue weighted by Crippen LogP contribution is 2.08. The molecular weight excluding hydrogens is 272 g/mol. The Morgan fingerprint density at radius 3 is 2.45 bits per heavy atom. The van der Waals surface area contributed by atoms with Gasteiger partial charge in [-0.05, 0) is 31.5 Å². The molecule has 0 aliphatic carbocycles. The Hall–Kier alpha value is -2.42. The predicted octanol–water partition coefficient (Wildman–Crippen LogP) is 3.62. The van der Waals surface area contributed by atoms with E-state index in [1.165, 1.54) is 0 Å². The fourth-order valence-corrected chi connectivity index (χ4v) is 2.20. The highest BCUT2D eigenvalue weighted by Gasteiger charge is 2.12. The standard InChI is InChI=1S/C19H22N2O/c1-16(2)14-19(22)21(15-17-8-4-3-5-9-17)13-11-18-10-6-7-12-20-18/h3-10,12,14H,11,13,15H2,1-2H3. The Morgan fingerprint density at radius 1 is 1.09 bits per heavy atom. The van der Waals surface area contributed by atoms with Gasteiger partial charge in [0.05, 0.1) is 0 Å². The number of benzene rings is 1. The molecule has 0 unspecified atom stereocenters. The molecule has 1 aromatic carbocycles. The normalized spacial score (nSPS) is 10.1. The first-order valence-corrected chi connectivity index (χ1v) is 7.53. The second kappa shape index (κ2) is 8.13. The van der Waals surface area contributed by atoms with Crippen molar-refractivity contribution in [1.82, 2.24) is 9.88 Å². The molecule has 3 nitrogen and oxygen atoms in total. The SMILES string of the molecule is CC(C)=CC(=O)N(CCc1ccccn1)Cc1ccccc1. The molecule has 0 N–H and O–H groups in total. The van der Waals surface area contributed by atoms with E-state index in [9.17, 15) is 4.79 Å². The summed E-state index contributed by atoms with van der Waals surface area (Å²) in [5.41, 5.74) is 3.16. The van der Waals surface area contributed by atoms with Crippen molar-refractivity contribution in [3.63, 3.8) is 0 Å². The van der Waals surface area contributed by atoms with E-state index < -0.39 is 0 Å². The van der Waals surface area contributed by atoms with Gasteiger partial charge in [-0.25, -0.2) is 0 Å². The number of pyridine rings is 1. The van der Waals surface area contributed by atoms with Gasteiger partial charge in [-0.3, -0.25) is 9.78 Å². The van der Waals surface area contributed by atoms with Crippen LogP contribution in [-0.2, 0) is 17.8 Å². The molecule has 0 saturated heterocycles. The Labute approximate surface area is 132 Å². The minimum absolute atomic E-state index is 0.0554. The highest BCUT2D eigenvalue weighted by molar-refractivity contribution is 5.88. The molecule has 114 valence electrons. The van der Waals surface area contributed by atoms with E-state index in [1.807, 2.05) is 67.3 Å². The van der Waals surface area contributed by atoms with Crippen LogP contribution in [0.1, 0.15) is 25.1 Å². The Kier molecular flexibility index (Phi) is 5.90. The van der Waals surface area contributed by atoms with E-state index in [0.717, 1.165) is 23.3 Å². The van der Waals surface area contributed by atoms with Crippen molar-refractivity contribution >= 4 is 5.91 Å². The summed E-state index contributed by atoms with van der Waals surface area (Å²) >= 11 is 0. The monoisotopic (exact) mass is 294 g/mol. The number of aromatic nitrogens is 1. The molecule has 0 spiro atoms. The van der Waals surface area contributed by atoms with Crippen LogP contribution in [0.3, 0.4) is 0 Å². The second-order valence-electron chi connectivity index (χ2n) is 5.54. The summed E-state index contributed by atoms with van der Waals surface area (Å²) in [5, 5.41) is 0. The average Bonchev–Trinajstić information content (AvgIpc) is 2.52. The molecule has 1 amide bonds. The number of nitrogens with zero attached hydrogens (tertiary/aromatic N) is 2. The van der Waals surface area contributed by atoms with Crippen LogP contribution in [0, 0.1) is 0 Å². The van der Waals surface area contributed by atoms with Gasteiger partial charge in [0.25, 0.3) is 0 Å². The zero-order valence-corrected chi connectivity index (χ0v) is 13.2. The van der Waals surface area contributed by atoms with Crippen LogP contribution >= 0.6 is 0 Å². The first kappa shape index (κ1) is 16.0. The average molecular weight is 294 g/mol. The predicted molar refractivity (Wildman–Crippen MR) is 89.2 cm³/mol. The van der Waals surface area contributed by atoms with E-state index in [2.05, 4.69) is 4.98 Å². The summed E-state index contributed by atoms with van der Waals surface area (Å²) in [5.74, 6) is 0.0554. The molecule has 2 aromatic rings. The third kappa shape index (κ3) is 5.17. The van der Waals surface area contributed by atoms with Crippen molar-refractivity contribution in [2.24, 2.45) is 0 Å². The number of rotatable bonds is 6. The number of amides is 1. The summed E-state index contributed by atoms with van der Waals surface area (Å²) < 4.78 is 0. The zero-order chi connectivity index (χ0) is 15.8. The van der Waals surface area contributed by atoms with Gasteiger partial charge < -0.3 is 4.90 Å². The molecule has 3 heteroatoms. The smallest absolute Gasteiger partial charge is 0.246 e. The maximum atomic E-state index is 12.4. The maximum Gasteiger partial charge on any atom is 0.246 e. The molecule has 0 aliphatic rings. The van der Waals surface area contributed by atoms with Gasteiger partial charge in [-0.2, -0.15) is 0 Å². The summed E-state index contributed by atoms with van der Waals surface area (Å²) in [6.07, 6.45) is 4.24. The Bertz CT molecular complexity index is 616. The lowest BCUT2D eigenvalue weighted by Crippen LogP contribution is -2.31. The van der Waals surface area contributed by atoms with Crippen LogP contribution in [0.15, 0.2) is 66.4 Å². The molecule has 0 fully saturated rings. The molecule has 0 aliphatic heterocycles. The van der Waals surface area contributed by atoms with Gasteiger partial charge in [0.1, 0.15) is 0 Å². The summed E-state index contributed by atoms with van der Waals surface area (Å²) in [4.78, 5) is 18.6. The molecule has 0 radical (unpaired) electrons. The van der Waals surface area contributed by atoms with Gasteiger partial charge in [0.15, 0.2) is 0 Å². The number of hydrogen-bond acceptors (Lipinski definition) is 2. The van der Waals surface area contributed by atoms with Gasteiger partial charge in [0.2, 0.25) is 5.91 Å². The Balaban J connectivity index is 2.07. The van der Waals surface area contributed by atoms with Crippen molar-refractivity contribution < 1.29 is 4.79 Å². The quantitative estimate of drug-likeness (QED) is 0.762. The molecule has 0 atom stereocenters. The van der Waals surface area contributed by atoms with Crippen molar-refractivity contribution in [2.45, 2.75) is 26.8 Å². The summed E-state index contributed by atoms with van der Waals surface area (Å²) in [6, 6.07) is 15.9. The third-order valence-corrected chi connectivity index (χ3v) is 3.30. The number of carbonyl (C=O) groups is 1. The highest BCUT2D eigenvalue weighted by atomic mass is 16.2. The molecule has 1 heterocycles. The van der Waals surface area contributed by atoms with Gasteiger partial charge in [0, 0.05) is 37.5 Å².